The number of phenols is 1. The van der Waals surface area contributed by atoms with E-state index in [1.807, 2.05) is 31.2 Å². The smallest absolute Gasteiger partial charge is 0.120 e. The lowest BCUT2D eigenvalue weighted by molar-refractivity contribution is 0.472. The zero-order valence-electron chi connectivity index (χ0n) is 8.81. The molecule has 3 rings (SSSR count). The molecule has 0 saturated carbocycles. The summed E-state index contributed by atoms with van der Waals surface area (Å²) in [6.07, 6.45) is 0. The van der Waals surface area contributed by atoms with Crippen molar-refractivity contribution in [1.29, 1.82) is 0 Å². The average Bonchev–Trinajstić information content (AvgIpc) is 2.32. The van der Waals surface area contributed by atoms with Crippen molar-refractivity contribution in [2.75, 3.05) is 0 Å². The van der Waals surface area contributed by atoms with Gasteiger partial charge in [-0.05, 0) is 31.2 Å². The van der Waals surface area contributed by atoms with E-state index in [0.29, 0.717) is 0 Å². The van der Waals surface area contributed by atoms with Crippen LogP contribution in [0.4, 0.5) is 0 Å². The molecule has 3 heteroatoms. The third-order valence-corrected chi connectivity index (χ3v) is 2.74. The summed E-state index contributed by atoms with van der Waals surface area (Å²) >= 11 is 0. The molecule has 1 heterocycles. The summed E-state index contributed by atoms with van der Waals surface area (Å²) < 4.78 is 0. The molecule has 0 atom stereocenters. The lowest BCUT2D eigenvalue weighted by atomic mass is 10.1. The molecule has 3 nitrogen and oxygen atoms in total. The Morgan fingerprint density at radius 3 is 2.31 bits per heavy atom. The SMILES string of the molecule is Cc1c(O)ccc2nc3ccccc3nc12. The quantitative estimate of drug-likeness (QED) is 0.580. The van der Waals surface area contributed by atoms with Gasteiger partial charge in [0.2, 0.25) is 0 Å². The molecule has 0 aliphatic carbocycles. The Labute approximate surface area is 92.4 Å². The normalized spacial score (nSPS) is 11.1. The van der Waals surface area contributed by atoms with Gasteiger partial charge >= 0.3 is 0 Å². The fourth-order valence-corrected chi connectivity index (χ4v) is 1.81. The topological polar surface area (TPSA) is 46.0 Å². The molecule has 2 aromatic carbocycles. The summed E-state index contributed by atoms with van der Waals surface area (Å²) in [5.74, 6) is 0.261. The highest BCUT2D eigenvalue weighted by Gasteiger charge is 2.06. The zero-order valence-corrected chi connectivity index (χ0v) is 8.81. The Morgan fingerprint density at radius 1 is 0.875 bits per heavy atom. The van der Waals surface area contributed by atoms with E-state index in [1.54, 1.807) is 12.1 Å². The predicted molar refractivity (Wildman–Crippen MR) is 63.4 cm³/mol. The maximum Gasteiger partial charge on any atom is 0.120 e. The van der Waals surface area contributed by atoms with Crippen LogP contribution >= 0.6 is 0 Å². The fraction of sp³-hybridized carbons (Fsp3) is 0.0769. The molecule has 16 heavy (non-hydrogen) atoms. The summed E-state index contributed by atoms with van der Waals surface area (Å²) in [6.45, 7) is 1.85. The highest BCUT2D eigenvalue weighted by atomic mass is 16.3. The van der Waals surface area contributed by atoms with Crippen molar-refractivity contribution in [3.8, 4) is 5.75 Å². The molecule has 0 unspecified atom stereocenters. The number of hydrogen-bond acceptors (Lipinski definition) is 3. The van der Waals surface area contributed by atoms with Crippen LogP contribution in [-0.2, 0) is 0 Å². The van der Waals surface area contributed by atoms with Gasteiger partial charge in [0.1, 0.15) is 5.75 Å². The maximum atomic E-state index is 9.62. The number of para-hydroxylation sites is 2. The first-order chi connectivity index (χ1) is 7.75. The van der Waals surface area contributed by atoms with E-state index >= 15 is 0 Å². The number of nitrogens with zero attached hydrogens (tertiary/aromatic N) is 2. The second-order valence-electron chi connectivity index (χ2n) is 3.79. The van der Waals surface area contributed by atoms with E-state index < -0.39 is 0 Å². The maximum absolute atomic E-state index is 9.62. The van der Waals surface area contributed by atoms with E-state index in [9.17, 15) is 5.11 Å². The standard InChI is InChI=1S/C13H10N2O/c1-8-12(16)7-6-11-13(8)15-10-5-3-2-4-9(10)14-11/h2-7,16H,1H3. The van der Waals surface area contributed by atoms with E-state index in [4.69, 9.17) is 0 Å². The van der Waals surface area contributed by atoms with Crippen LogP contribution < -0.4 is 0 Å². The summed E-state index contributed by atoms with van der Waals surface area (Å²) in [5.41, 5.74) is 4.08. The number of phenolic OH excluding ortho intramolecular Hbond substituents is 1. The van der Waals surface area contributed by atoms with Crippen LogP contribution in [0.3, 0.4) is 0 Å². The van der Waals surface area contributed by atoms with Crippen LogP contribution in [0.1, 0.15) is 5.56 Å². The van der Waals surface area contributed by atoms with E-state index in [1.165, 1.54) is 0 Å². The number of benzene rings is 2. The minimum Gasteiger partial charge on any atom is -0.508 e. The van der Waals surface area contributed by atoms with Gasteiger partial charge < -0.3 is 5.11 Å². The minimum absolute atomic E-state index is 0.261. The van der Waals surface area contributed by atoms with Crippen molar-refractivity contribution in [3.63, 3.8) is 0 Å². The average molecular weight is 210 g/mol. The molecule has 0 bridgehead atoms. The second kappa shape index (κ2) is 3.17. The van der Waals surface area contributed by atoms with Gasteiger partial charge in [-0.25, -0.2) is 9.97 Å². The first-order valence-corrected chi connectivity index (χ1v) is 5.11. The fourth-order valence-electron chi connectivity index (χ4n) is 1.81. The highest BCUT2D eigenvalue weighted by molar-refractivity contribution is 5.88. The summed E-state index contributed by atoms with van der Waals surface area (Å²) in [6, 6.07) is 11.2. The van der Waals surface area contributed by atoms with E-state index in [0.717, 1.165) is 27.6 Å². The molecule has 0 fully saturated rings. The van der Waals surface area contributed by atoms with Crippen molar-refractivity contribution in [3.05, 3.63) is 42.0 Å². The van der Waals surface area contributed by atoms with Crippen LogP contribution in [0.25, 0.3) is 22.1 Å². The second-order valence-corrected chi connectivity index (χ2v) is 3.79. The Kier molecular flexibility index (Phi) is 1.80. The van der Waals surface area contributed by atoms with E-state index in [2.05, 4.69) is 9.97 Å². The third kappa shape index (κ3) is 1.21. The Bertz CT molecular complexity index is 692. The molecular weight excluding hydrogens is 200 g/mol. The monoisotopic (exact) mass is 210 g/mol. The van der Waals surface area contributed by atoms with Crippen LogP contribution in [-0.4, -0.2) is 15.1 Å². The third-order valence-electron chi connectivity index (χ3n) is 2.74. The van der Waals surface area contributed by atoms with Crippen LogP contribution in [0.15, 0.2) is 36.4 Å². The first-order valence-electron chi connectivity index (χ1n) is 5.11. The van der Waals surface area contributed by atoms with Crippen molar-refractivity contribution in [2.24, 2.45) is 0 Å². The first kappa shape index (κ1) is 9.09. The molecule has 3 aromatic rings. The molecule has 0 aliphatic heterocycles. The summed E-state index contributed by atoms with van der Waals surface area (Å²) in [4.78, 5) is 9.02. The summed E-state index contributed by atoms with van der Waals surface area (Å²) in [7, 11) is 0. The number of hydrogen-bond donors (Lipinski definition) is 1. The van der Waals surface area contributed by atoms with Gasteiger partial charge in [0.25, 0.3) is 0 Å². The Balaban J connectivity index is 2.51. The van der Waals surface area contributed by atoms with Gasteiger partial charge in [-0.3, -0.25) is 0 Å². The van der Waals surface area contributed by atoms with Crippen LogP contribution in [0.5, 0.6) is 5.75 Å². The molecule has 78 valence electrons. The van der Waals surface area contributed by atoms with Gasteiger partial charge in [0.05, 0.1) is 22.1 Å². The van der Waals surface area contributed by atoms with Crippen molar-refractivity contribution < 1.29 is 5.11 Å². The van der Waals surface area contributed by atoms with Crippen LogP contribution in [0, 0.1) is 6.92 Å². The van der Waals surface area contributed by atoms with Gasteiger partial charge in [-0.1, -0.05) is 12.1 Å². The number of rotatable bonds is 0. The van der Waals surface area contributed by atoms with E-state index in [-0.39, 0.29) is 5.75 Å². The minimum atomic E-state index is 0.261. The van der Waals surface area contributed by atoms with Gasteiger partial charge in [0, 0.05) is 5.56 Å². The molecule has 1 aromatic heterocycles. The molecule has 0 radical (unpaired) electrons. The highest BCUT2D eigenvalue weighted by Crippen LogP contribution is 2.25. The molecule has 0 amide bonds. The van der Waals surface area contributed by atoms with Gasteiger partial charge in [-0.15, -0.1) is 0 Å². The van der Waals surface area contributed by atoms with Crippen molar-refractivity contribution >= 4 is 22.1 Å². The zero-order chi connectivity index (χ0) is 11.1. The predicted octanol–water partition coefficient (Wildman–Crippen LogP) is 2.80. The van der Waals surface area contributed by atoms with Crippen molar-refractivity contribution in [1.82, 2.24) is 9.97 Å². The van der Waals surface area contributed by atoms with Crippen LogP contribution in [0.2, 0.25) is 0 Å². The number of aromatic hydroxyl groups is 1. The molecule has 0 saturated heterocycles. The largest absolute Gasteiger partial charge is 0.508 e. The summed E-state index contributed by atoms with van der Waals surface area (Å²) in [5, 5.41) is 9.62. The molecule has 0 aliphatic rings. The Hall–Kier alpha value is -2.16. The number of aromatic nitrogens is 2. The number of fused-ring (bicyclic) bond motifs is 2. The Morgan fingerprint density at radius 2 is 1.56 bits per heavy atom. The molecule has 1 N–H and O–H groups in total. The lowest BCUT2D eigenvalue weighted by Crippen LogP contribution is -1.89. The molecular formula is C13H10N2O. The molecule has 0 spiro atoms. The van der Waals surface area contributed by atoms with Gasteiger partial charge in [0.15, 0.2) is 0 Å². The lowest BCUT2D eigenvalue weighted by Gasteiger charge is -2.04. The van der Waals surface area contributed by atoms with Gasteiger partial charge in [-0.2, -0.15) is 0 Å². The van der Waals surface area contributed by atoms with Crippen molar-refractivity contribution in [2.45, 2.75) is 6.92 Å². The number of aryl methyl sites for hydroxylation is 1.